The molecule has 0 saturated heterocycles. The van der Waals surface area contributed by atoms with Gasteiger partial charge in [0.15, 0.2) is 0 Å². The lowest BCUT2D eigenvalue weighted by atomic mass is 10.2. The monoisotopic (exact) mass is 256 g/mol. The molecule has 0 radical (unpaired) electrons. The summed E-state index contributed by atoms with van der Waals surface area (Å²) in [6.45, 7) is 2.65. The predicted molar refractivity (Wildman–Crippen MR) is 76.3 cm³/mol. The molecule has 1 amide bonds. The molecule has 0 aliphatic rings. The summed E-state index contributed by atoms with van der Waals surface area (Å²) in [5.41, 5.74) is 12.7. The van der Waals surface area contributed by atoms with E-state index in [4.69, 9.17) is 11.5 Å². The summed E-state index contributed by atoms with van der Waals surface area (Å²) in [5.74, 6) is -0.0143. The Morgan fingerprint density at radius 1 is 1.32 bits per heavy atom. The molecule has 2 rings (SSSR count). The number of amides is 1. The topological polar surface area (TPSA) is 85.2 Å². The third kappa shape index (κ3) is 2.65. The zero-order valence-corrected chi connectivity index (χ0v) is 10.7. The van der Waals surface area contributed by atoms with Crippen molar-refractivity contribution in [1.82, 2.24) is 4.98 Å². The van der Waals surface area contributed by atoms with Gasteiger partial charge in [-0.15, -0.1) is 0 Å². The molecule has 5 heteroatoms. The third-order valence-electron chi connectivity index (χ3n) is 2.79. The number of carbonyl (C=O) groups is 1. The van der Waals surface area contributed by atoms with Crippen LogP contribution >= 0.6 is 0 Å². The third-order valence-corrected chi connectivity index (χ3v) is 2.79. The van der Waals surface area contributed by atoms with Crippen molar-refractivity contribution in [3.63, 3.8) is 0 Å². The second-order valence-corrected chi connectivity index (χ2v) is 4.08. The summed E-state index contributed by atoms with van der Waals surface area (Å²) < 4.78 is 0. The van der Waals surface area contributed by atoms with E-state index in [-0.39, 0.29) is 0 Å². The van der Waals surface area contributed by atoms with E-state index in [9.17, 15) is 4.79 Å². The van der Waals surface area contributed by atoms with E-state index < -0.39 is 5.91 Å². The number of pyridine rings is 1. The number of benzene rings is 1. The van der Waals surface area contributed by atoms with Crippen LogP contribution < -0.4 is 16.4 Å². The van der Waals surface area contributed by atoms with E-state index >= 15 is 0 Å². The van der Waals surface area contributed by atoms with Gasteiger partial charge in [0.25, 0.3) is 5.91 Å². The Morgan fingerprint density at radius 2 is 2.00 bits per heavy atom. The average Bonchev–Trinajstić information content (AvgIpc) is 2.42. The molecular formula is C14H16N4O. The molecule has 1 aromatic carbocycles. The number of rotatable bonds is 4. The standard InChI is InChI=1S/C14H16N4O/c1-2-18(11-6-4-3-5-7-11)14-12(13(16)19)8-10(15)9-17-14/h3-9H,2,15H2,1H3,(H2,16,19). The molecule has 0 spiro atoms. The Kier molecular flexibility index (Phi) is 3.66. The number of hydrogen-bond acceptors (Lipinski definition) is 4. The molecule has 0 atom stereocenters. The number of nitrogen functional groups attached to an aromatic ring is 1. The Hall–Kier alpha value is -2.56. The number of para-hydroxylation sites is 1. The van der Waals surface area contributed by atoms with Crippen LogP contribution in [-0.4, -0.2) is 17.4 Å². The summed E-state index contributed by atoms with van der Waals surface area (Å²) in [5, 5.41) is 0. The van der Waals surface area contributed by atoms with Gasteiger partial charge in [0, 0.05) is 12.2 Å². The highest BCUT2D eigenvalue weighted by molar-refractivity contribution is 5.99. The van der Waals surface area contributed by atoms with Gasteiger partial charge in [0.2, 0.25) is 0 Å². The van der Waals surface area contributed by atoms with Gasteiger partial charge in [0.1, 0.15) is 5.82 Å². The van der Waals surface area contributed by atoms with E-state index in [0.717, 1.165) is 5.69 Å². The van der Waals surface area contributed by atoms with Gasteiger partial charge < -0.3 is 16.4 Å². The average molecular weight is 256 g/mol. The highest BCUT2D eigenvalue weighted by Gasteiger charge is 2.17. The van der Waals surface area contributed by atoms with Gasteiger partial charge in [-0.05, 0) is 25.1 Å². The molecule has 0 unspecified atom stereocenters. The van der Waals surface area contributed by atoms with Crippen LogP contribution in [0, 0.1) is 0 Å². The van der Waals surface area contributed by atoms with Crippen molar-refractivity contribution >= 4 is 23.1 Å². The van der Waals surface area contributed by atoms with E-state index in [0.29, 0.717) is 23.6 Å². The molecule has 19 heavy (non-hydrogen) atoms. The second kappa shape index (κ2) is 5.39. The van der Waals surface area contributed by atoms with Gasteiger partial charge in [0.05, 0.1) is 17.4 Å². The molecule has 0 bridgehead atoms. The zero-order valence-electron chi connectivity index (χ0n) is 10.7. The smallest absolute Gasteiger partial charge is 0.252 e. The Labute approximate surface area is 111 Å². The normalized spacial score (nSPS) is 10.2. The number of primary amides is 1. The van der Waals surface area contributed by atoms with Crippen LogP contribution in [0.3, 0.4) is 0 Å². The fraction of sp³-hybridized carbons (Fsp3) is 0.143. The number of nitrogens with two attached hydrogens (primary N) is 2. The molecule has 0 aliphatic heterocycles. The number of nitrogens with zero attached hydrogens (tertiary/aromatic N) is 2. The van der Waals surface area contributed by atoms with Crippen molar-refractivity contribution in [2.75, 3.05) is 17.2 Å². The second-order valence-electron chi connectivity index (χ2n) is 4.08. The highest BCUT2D eigenvalue weighted by Crippen LogP contribution is 2.27. The molecule has 5 nitrogen and oxygen atoms in total. The van der Waals surface area contributed by atoms with Crippen LogP contribution in [0.1, 0.15) is 17.3 Å². The zero-order chi connectivity index (χ0) is 13.8. The van der Waals surface area contributed by atoms with Crippen molar-refractivity contribution < 1.29 is 4.79 Å². The number of carbonyl (C=O) groups excluding carboxylic acids is 1. The molecular weight excluding hydrogens is 240 g/mol. The minimum atomic E-state index is -0.538. The van der Waals surface area contributed by atoms with Crippen LogP contribution in [0.2, 0.25) is 0 Å². The molecule has 2 aromatic rings. The van der Waals surface area contributed by atoms with Crippen molar-refractivity contribution in [2.45, 2.75) is 6.92 Å². The predicted octanol–water partition coefficient (Wildman–Crippen LogP) is 1.92. The fourth-order valence-corrected chi connectivity index (χ4v) is 1.93. The van der Waals surface area contributed by atoms with Crippen molar-refractivity contribution in [1.29, 1.82) is 0 Å². The minimum absolute atomic E-state index is 0.325. The maximum atomic E-state index is 11.5. The van der Waals surface area contributed by atoms with E-state index in [1.54, 1.807) is 6.07 Å². The molecule has 0 aliphatic carbocycles. The minimum Gasteiger partial charge on any atom is -0.397 e. The lowest BCUT2D eigenvalue weighted by molar-refractivity contribution is 0.100. The maximum absolute atomic E-state index is 11.5. The van der Waals surface area contributed by atoms with Gasteiger partial charge in [-0.2, -0.15) is 0 Å². The van der Waals surface area contributed by atoms with E-state index in [1.807, 2.05) is 42.2 Å². The van der Waals surface area contributed by atoms with Crippen LogP contribution in [0.5, 0.6) is 0 Å². The van der Waals surface area contributed by atoms with Gasteiger partial charge in [-0.3, -0.25) is 4.79 Å². The lowest BCUT2D eigenvalue weighted by Gasteiger charge is -2.23. The molecule has 1 aromatic heterocycles. The summed E-state index contributed by atoms with van der Waals surface area (Å²) in [4.78, 5) is 17.7. The van der Waals surface area contributed by atoms with Crippen LogP contribution in [-0.2, 0) is 0 Å². The summed E-state index contributed by atoms with van der Waals surface area (Å²) in [6.07, 6.45) is 1.52. The van der Waals surface area contributed by atoms with E-state index in [2.05, 4.69) is 4.98 Å². The quantitative estimate of drug-likeness (QED) is 0.875. The molecule has 0 fully saturated rings. The highest BCUT2D eigenvalue weighted by atomic mass is 16.1. The summed E-state index contributed by atoms with van der Waals surface area (Å²) >= 11 is 0. The fourth-order valence-electron chi connectivity index (χ4n) is 1.93. The summed E-state index contributed by atoms with van der Waals surface area (Å²) in [6, 6.07) is 11.2. The maximum Gasteiger partial charge on any atom is 0.252 e. The Morgan fingerprint density at radius 3 is 2.58 bits per heavy atom. The van der Waals surface area contributed by atoms with Crippen LogP contribution in [0.15, 0.2) is 42.6 Å². The van der Waals surface area contributed by atoms with Gasteiger partial charge in [-0.1, -0.05) is 18.2 Å². The molecule has 98 valence electrons. The first-order valence-electron chi connectivity index (χ1n) is 6.01. The first-order valence-corrected chi connectivity index (χ1v) is 6.01. The van der Waals surface area contributed by atoms with Gasteiger partial charge >= 0.3 is 0 Å². The molecule has 4 N–H and O–H groups in total. The largest absolute Gasteiger partial charge is 0.397 e. The number of hydrogen-bond donors (Lipinski definition) is 2. The first-order chi connectivity index (χ1) is 9.13. The Bertz CT molecular complexity index is 583. The van der Waals surface area contributed by atoms with Crippen molar-refractivity contribution in [3.8, 4) is 0 Å². The molecule has 0 saturated carbocycles. The molecule has 1 heterocycles. The number of anilines is 3. The Balaban J connectivity index is 2.53. The summed E-state index contributed by atoms with van der Waals surface area (Å²) in [7, 11) is 0. The number of aromatic nitrogens is 1. The lowest BCUT2D eigenvalue weighted by Crippen LogP contribution is -2.23. The SMILES string of the molecule is CCN(c1ccccc1)c1ncc(N)cc1C(N)=O. The van der Waals surface area contributed by atoms with Crippen molar-refractivity contribution in [3.05, 3.63) is 48.2 Å². The first kappa shape index (κ1) is 12.9. The van der Waals surface area contributed by atoms with Crippen LogP contribution in [0.4, 0.5) is 17.2 Å². The van der Waals surface area contributed by atoms with Crippen LogP contribution in [0.25, 0.3) is 0 Å². The van der Waals surface area contributed by atoms with E-state index in [1.165, 1.54) is 6.20 Å². The van der Waals surface area contributed by atoms with Crippen molar-refractivity contribution in [2.24, 2.45) is 5.73 Å². The van der Waals surface area contributed by atoms with Gasteiger partial charge in [-0.25, -0.2) is 4.98 Å².